The van der Waals surface area contributed by atoms with E-state index >= 15 is 0 Å². The highest BCUT2D eigenvalue weighted by Gasteiger charge is 2.33. The number of aryl methyl sites for hydroxylation is 2. The molecule has 0 radical (unpaired) electrons. The fourth-order valence-corrected chi connectivity index (χ4v) is 2.96. The molecule has 1 aliphatic heterocycles. The maximum absolute atomic E-state index is 11.6. The van der Waals surface area contributed by atoms with Gasteiger partial charge in [0.1, 0.15) is 30.0 Å². The molecule has 24 heavy (non-hydrogen) atoms. The van der Waals surface area contributed by atoms with Gasteiger partial charge in [-0.3, -0.25) is 9.69 Å². The summed E-state index contributed by atoms with van der Waals surface area (Å²) in [5, 5.41) is 17.7. The van der Waals surface area contributed by atoms with Crippen LogP contribution in [0.5, 0.6) is 5.75 Å². The Morgan fingerprint density at radius 3 is 3.00 bits per heavy atom. The Labute approximate surface area is 140 Å². The van der Waals surface area contributed by atoms with Crippen molar-refractivity contribution >= 4 is 5.97 Å². The molecule has 128 valence electrons. The number of carboxylic acids is 1. The first-order chi connectivity index (χ1) is 11.6. The summed E-state index contributed by atoms with van der Waals surface area (Å²) in [6, 6.07) is 7.39. The number of aliphatic carboxylic acids is 1. The Hall–Kier alpha value is -2.41. The van der Waals surface area contributed by atoms with Crippen LogP contribution in [0.3, 0.4) is 0 Å². The average Bonchev–Trinajstić information content (AvgIpc) is 2.94. The monoisotopic (exact) mass is 330 g/mol. The number of ether oxygens (including phenoxy) is 1. The first-order valence-electron chi connectivity index (χ1n) is 8.15. The molecule has 1 N–H and O–H groups in total. The van der Waals surface area contributed by atoms with Crippen LogP contribution in [0.1, 0.15) is 24.1 Å². The van der Waals surface area contributed by atoms with E-state index in [9.17, 15) is 9.90 Å². The molecular weight excluding hydrogens is 308 g/mol. The van der Waals surface area contributed by atoms with Crippen LogP contribution in [0, 0.1) is 6.92 Å². The van der Waals surface area contributed by atoms with Crippen LogP contribution in [0.15, 0.2) is 24.3 Å². The average molecular weight is 330 g/mol. The summed E-state index contributed by atoms with van der Waals surface area (Å²) in [5.74, 6) is 1.54. The van der Waals surface area contributed by atoms with Crippen molar-refractivity contribution in [3.63, 3.8) is 0 Å². The minimum absolute atomic E-state index is 0.370. The lowest BCUT2D eigenvalue weighted by Gasteiger charge is -2.33. The minimum Gasteiger partial charge on any atom is -0.492 e. The van der Waals surface area contributed by atoms with Gasteiger partial charge in [0.05, 0.1) is 13.1 Å². The Morgan fingerprint density at radius 2 is 2.25 bits per heavy atom. The lowest BCUT2D eigenvalue weighted by molar-refractivity contribution is -0.145. The normalized spacial score (nSPS) is 17.5. The molecular formula is C17H22N4O3. The fraction of sp³-hybridized carbons (Fsp3) is 0.471. The summed E-state index contributed by atoms with van der Waals surface area (Å²) >= 11 is 0. The molecule has 0 saturated heterocycles. The van der Waals surface area contributed by atoms with Gasteiger partial charge in [-0.25, -0.2) is 0 Å². The Balaban J connectivity index is 1.63. The molecule has 1 aromatic carbocycles. The molecule has 1 aliphatic rings. The summed E-state index contributed by atoms with van der Waals surface area (Å²) in [5.41, 5.74) is 1.22. The Bertz CT molecular complexity index is 728. The molecule has 0 amide bonds. The minimum atomic E-state index is -0.832. The van der Waals surface area contributed by atoms with E-state index in [0.29, 0.717) is 26.2 Å². The third kappa shape index (κ3) is 3.41. The summed E-state index contributed by atoms with van der Waals surface area (Å²) in [7, 11) is 0. The first-order valence-corrected chi connectivity index (χ1v) is 8.15. The molecule has 7 nitrogen and oxygen atoms in total. The van der Waals surface area contributed by atoms with Gasteiger partial charge < -0.3 is 14.4 Å². The molecule has 0 spiro atoms. The highest BCUT2D eigenvalue weighted by molar-refractivity contribution is 5.73. The number of carbonyl (C=O) groups is 1. The fourth-order valence-electron chi connectivity index (χ4n) is 2.96. The van der Waals surface area contributed by atoms with Gasteiger partial charge in [0.2, 0.25) is 0 Å². The van der Waals surface area contributed by atoms with Crippen molar-refractivity contribution in [2.24, 2.45) is 0 Å². The summed E-state index contributed by atoms with van der Waals surface area (Å²) in [4.78, 5) is 13.5. The van der Waals surface area contributed by atoms with E-state index in [1.54, 1.807) is 0 Å². The highest BCUT2D eigenvalue weighted by Crippen LogP contribution is 2.18. The number of hydrogen-bond acceptors (Lipinski definition) is 5. The zero-order valence-electron chi connectivity index (χ0n) is 14.0. The van der Waals surface area contributed by atoms with Crippen LogP contribution in [0.25, 0.3) is 0 Å². The van der Waals surface area contributed by atoms with E-state index in [1.807, 2.05) is 34.6 Å². The van der Waals surface area contributed by atoms with E-state index in [-0.39, 0.29) is 0 Å². The number of hydrogen-bond donors (Lipinski definition) is 1. The number of fused-ring (bicyclic) bond motifs is 1. The third-order valence-corrected chi connectivity index (χ3v) is 4.39. The van der Waals surface area contributed by atoms with Crippen molar-refractivity contribution in [2.45, 2.75) is 39.4 Å². The van der Waals surface area contributed by atoms with Crippen LogP contribution < -0.4 is 4.74 Å². The molecule has 0 aliphatic carbocycles. The van der Waals surface area contributed by atoms with Crippen molar-refractivity contribution in [2.75, 3.05) is 13.2 Å². The Kier molecular flexibility index (Phi) is 4.80. The molecule has 1 atom stereocenters. The second-order valence-corrected chi connectivity index (χ2v) is 5.95. The van der Waals surface area contributed by atoms with Gasteiger partial charge in [0, 0.05) is 6.54 Å². The third-order valence-electron chi connectivity index (χ3n) is 4.39. The van der Waals surface area contributed by atoms with Gasteiger partial charge >= 0.3 is 5.97 Å². The van der Waals surface area contributed by atoms with E-state index in [2.05, 4.69) is 23.2 Å². The topological polar surface area (TPSA) is 80.5 Å². The van der Waals surface area contributed by atoms with E-state index in [4.69, 9.17) is 4.74 Å². The van der Waals surface area contributed by atoms with Crippen LogP contribution in [0.2, 0.25) is 0 Å². The zero-order valence-corrected chi connectivity index (χ0v) is 14.0. The SMILES string of the molecule is CCc1cccc(OCCN2Cc3nnc(C)n3CC2C(=O)O)c1. The zero-order chi connectivity index (χ0) is 17.1. The van der Waals surface area contributed by atoms with Gasteiger partial charge in [0.15, 0.2) is 0 Å². The molecule has 3 rings (SSSR count). The summed E-state index contributed by atoms with van der Waals surface area (Å²) < 4.78 is 7.67. The predicted octanol–water partition coefficient (Wildman–Crippen LogP) is 1.50. The van der Waals surface area contributed by atoms with Crippen molar-refractivity contribution < 1.29 is 14.6 Å². The maximum Gasteiger partial charge on any atom is 0.322 e. The molecule has 2 aromatic rings. The number of carboxylic acid groups (broad SMARTS) is 1. The predicted molar refractivity (Wildman–Crippen MR) is 87.9 cm³/mol. The second-order valence-electron chi connectivity index (χ2n) is 5.95. The second kappa shape index (κ2) is 7.00. The molecule has 0 bridgehead atoms. The molecule has 2 heterocycles. The van der Waals surface area contributed by atoms with Crippen molar-refractivity contribution in [3.8, 4) is 5.75 Å². The molecule has 1 unspecified atom stereocenters. The summed E-state index contributed by atoms with van der Waals surface area (Å²) in [6.07, 6.45) is 0.958. The van der Waals surface area contributed by atoms with Crippen LogP contribution in [-0.4, -0.2) is 49.9 Å². The van der Waals surface area contributed by atoms with E-state index in [1.165, 1.54) is 5.56 Å². The smallest absolute Gasteiger partial charge is 0.322 e. The Morgan fingerprint density at radius 1 is 1.42 bits per heavy atom. The quantitative estimate of drug-likeness (QED) is 0.864. The van der Waals surface area contributed by atoms with Crippen LogP contribution >= 0.6 is 0 Å². The van der Waals surface area contributed by atoms with Gasteiger partial charge in [0.25, 0.3) is 0 Å². The van der Waals surface area contributed by atoms with Crippen molar-refractivity contribution in [1.29, 1.82) is 0 Å². The number of rotatable bonds is 6. The van der Waals surface area contributed by atoms with Gasteiger partial charge in [-0.1, -0.05) is 19.1 Å². The largest absolute Gasteiger partial charge is 0.492 e. The standard InChI is InChI=1S/C17H22N4O3/c1-3-13-5-4-6-14(9-13)24-8-7-20-11-16-19-18-12(2)21(16)10-15(20)17(22)23/h4-6,9,15H,3,7-8,10-11H2,1-2H3,(H,22,23). The summed E-state index contributed by atoms with van der Waals surface area (Å²) in [6.45, 7) is 5.74. The van der Waals surface area contributed by atoms with Crippen molar-refractivity contribution in [1.82, 2.24) is 19.7 Å². The highest BCUT2D eigenvalue weighted by atomic mass is 16.5. The van der Waals surface area contributed by atoms with Crippen LogP contribution in [-0.2, 0) is 24.3 Å². The number of benzene rings is 1. The lowest BCUT2D eigenvalue weighted by Crippen LogP contribution is -2.49. The van der Waals surface area contributed by atoms with E-state index < -0.39 is 12.0 Å². The van der Waals surface area contributed by atoms with Crippen LogP contribution in [0.4, 0.5) is 0 Å². The van der Waals surface area contributed by atoms with Crippen molar-refractivity contribution in [3.05, 3.63) is 41.5 Å². The van der Waals surface area contributed by atoms with Gasteiger partial charge in [-0.15, -0.1) is 10.2 Å². The molecule has 1 aromatic heterocycles. The molecule has 0 fully saturated rings. The lowest BCUT2D eigenvalue weighted by atomic mass is 10.2. The maximum atomic E-state index is 11.6. The van der Waals surface area contributed by atoms with E-state index in [0.717, 1.165) is 23.8 Å². The van der Waals surface area contributed by atoms with Gasteiger partial charge in [-0.2, -0.15) is 0 Å². The van der Waals surface area contributed by atoms with Gasteiger partial charge in [-0.05, 0) is 31.0 Å². The number of aromatic nitrogens is 3. The number of nitrogens with zero attached hydrogens (tertiary/aromatic N) is 4. The molecule has 7 heteroatoms. The first kappa shape index (κ1) is 16.4. The molecule has 0 saturated carbocycles.